The molecule has 0 heterocycles. The van der Waals surface area contributed by atoms with E-state index in [4.69, 9.17) is 11.6 Å². The van der Waals surface area contributed by atoms with Crippen molar-refractivity contribution in [1.82, 2.24) is 4.72 Å². The Labute approximate surface area is 130 Å². The monoisotopic (exact) mass is 326 g/mol. The van der Waals surface area contributed by atoms with E-state index in [0.717, 1.165) is 16.5 Å². The summed E-state index contributed by atoms with van der Waals surface area (Å²) in [5.74, 6) is 0.430. The lowest BCUT2D eigenvalue weighted by molar-refractivity contribution is 0.581. The van der Waals surface area contributed by atoms with Gasteiger partial charge in [-0.15, -0.1) is 11.6 Å². The average Bonchev–Trinajstić information content (AvgIpc) is 2.50. The molecule has 0 aromatic heterocycles. The number of sulfonamides is 1. The molecule has 0 aliphatic carbocycles. The van der Waals surface area contributed by atoms with Gasteiger partial charge in [-0.2, -0.15) is 0 Å². The van der Waals surface area contributed by atoms with Gasteiger partial charge in [0.15, 0.2) is 0 Å². The predicted molar refractivity (Wildman–Crippen MR) is 89.6 cm³/mol. The number of hydrogen-bond acceptors (Lipinski definition) is 3. The van der Waals surface area contributed by atoms with E-state index in [1.807, 2.05) is 30.3 Å². The van der Waals surface area contributed by atoms with Crippen LogP contribution in [0.5, 0.6) is 0 Å². The fourth-order valence-corrected chi connectivity index (χ4v) is 3.47. The molecular weight excluding hydrogens is 308 g/mol. The van der Waals surface area contributed by atoms with Crippen LogP contribution in [0.1, 0.15) is 6.42 Å². The summed E-state index contributed by atoms with van der Waals surface area (Å²) in [6, 6.07) is 14.1. The van der Waals surface area contributed by atoms with Gasteiger partial charge in [0.1, 0.15) is 0 Å². The second-order valence-corrected chi connectivity index (χ2v) is 7.01. The van der Waals surface area contributed by atoms with Crippen LogP contribution in [0.3, 0.4) is 0 Å². The lowest BCUT2D eigenvalue weighted by atomic mass is 10.1. The highest BCUT2D eigenvalue weighted by molar-refractivity contribution is 7.89. The minimum Gasteiger partial charge on any atom is -0.383 e. The van der Waals surface area contributed by atoms with Crippen LogP contribution in [-0.2, 0) is 10.0 Å². The Hall–Kier alpha value is -1.30. The third-order valence-corrected chi connectivity index (χ3v) is 4.84. The van der Waals surface area contributed by atoms with E-state index < -0.39 is 10.0 Å². The summed E-state index contributed by atoms with van der Waals surface area (Å²) in [6.45, 7) is 0.891. The molecule has 21 heavy (non-hydrogen) atoms. The fraction of sp³-hybridized carbons (Fsp3) is 0.333. The summed E-state index contributed by atoms with van der Waals surface area (Å²) in [5, 5.41) is 5.55. The van der Waals surface area contributed by atoms with Gasteiger partial charge in [-0.1, -0.05) is 36.4 Å². The minimum atomic E-state index is -3.22. The Morgan fingerprint density at radius 1 is 1.00 bits per heavy atom. The molecule has 0 aliphatic rings. The van der Waals surface area contributed by atoms with Crippen molar-refractivity contribution in [3.05, 3.63) is 42.5 Å². The zero-order valence-electron chi connectivity index (χ0n) is 11.7. The van der Waals surface area contributed by atoms with Crippen molar-refractivity contribution in [1.29, 1.82) is 0 Å². The average molecular weight is 327 g/mol. The molecule has 0 bridgehead atoms. The first-order chi connectivity index (χ1) is 10.1. The number of rotatable bonds is 8. The highest BCUT2D eigenvalue weighted by Crippen LogP contribution is 2.22. The van der Waals surface area contributed by atoms with Crippen LogP contribution in [-0.4, -0.2) is 33.1 Å². The van der Waals surface area contributed by atoms with Crippen molar-refractivity contribution in [2.45, 2.75) is 6.42 Å². The Kier molecular flexibility index (Phi) is 5.85. The van der Waals surface area contributed by atoms with Crippen LogP contribution in [0.25, 0.3) is 10.8 Å². The van der Waals surface area contributed by atoms with Gasteiger partial charge >= 0.3 is 0 Å². The predicted octanol–water partition coefficient (Wildman–Crippen LogP) is 2.80. The summed E-state index contributed by atoms with van der Waals surface area (Å²) in [4.78, 5) is 0. The van der Waals surface area contributed by atoms with Gasteiger partial charge in [-0.05, 0) is 17.9 Å². The van der Waals surface area contributed by atoms with Crippen molar-refractivity contribution >= 4 is 38.1 Å². The van der Waals surface area contributed by atoms with Gasteiger partial charge in [0, 0.05) is 30.0 Å². The highest BCUT2D eigenvalue weighted by atomic mass is 35.5. The van der Waals surface area contributed by atoms with Crippen molar-refractivity contribution in [2.75, 3.05) is 30.0 Å². The molecule has 0 saturated carbocycles. The normalized spacial score (nSPS) is 11.7. The van der Waals surface area contributed by atoms with E-state index in [9.17, 15) is 8.42 Å². The molecule has 114 valence electrons. The number of nitrogens with one attached hydrogen (secondary N) is 2. The summed E-state index contributed by atoms with van der Waals surface area (Å²) in [6.07, 6.45) is 0.466. The minimum absolute atomic E-state index is 0.0742. The summed E-state index contributed by atoms with van der Waals surface area (Å²) in [7, 11) is -3.22. The smallest absolute Gasteiger partial charge is 0.211 e. The lowest BCUT2D eigenvalue weighted by Crippen LogP contribution is -2.31. The Morgan fingerprint density at radius 3 is 2.57 bits per heavy atom. The molecule has 6 heteroatoms. The van der Waals surface area contributed by atoms with Gasteiger partial charge in [0.2, 0.25) is 10.0 Å². The van der Waals surface area contributed by atoms with Crippen molar-refractivity contribution < 1.29 is 8.42 Å². The van der Waals surface area contributed by atoms with E-state index in [2.05, 4.69) is 22.2 Å². The van der Waals surface area contributed by atoms with Gasteiger partial charge in [0.05, 0.1) is 5.75 Å². The number of hydrogen-bond donors (Lipinski definition) is 2. The number of fused-ring (bicyclic) bond motifs is 1. The third-order valence-electron chi connectivity index (χ3n) is 3.10. The summed E-state index contributed by atoms with van der Waals surface area (Å²) >= 11 is 5.50. The molecule has 2 rings (SSSR count). The molecule has 2 N–H and O–H groups in total. The molecule has 0 amide bonds. The fourth-order valence-electron chi connectivity index (χ4n) is 2.10. The van der Waals surface area contributed by atoms with Crippen molar-refractivity contribution in [3.63, 3.8) is 0 Å². The SMILES string of the molecule is O=S(=O)(CCCCl)NCCNc1cccc2ccccc12. The third kappa shape index (κ3) is 4.88. The van der Waals surface area contributed by atoms with Crippen LogP contribution in [0, 0.1) is 0 Å². The first-order valence-corrected chi connectivity index (χ1v) is 9.06. The highest BCUT2D eigenvalue weighted by Gasteiger charge is 2.08. The molecule has 0 aliphatic heterocycles. The van der Waals surface area contributed by atoms with E-state index in [1.165, 1.54) is 0 Å². The van der Waals surface area contributed by atoms with E-state index in [-0.39, 0.29) is 5.75 Å². The molecule has 0 spiro atoms. The maximum absolute atomic E-state index is 11.6. The number of halogens is 1. The quantitative estimate of drug-likeness (QED) is 0.579. The van der Waals surface area contributed by atoms with Crippen LogP contribution in [0.4, 0.5) is 5.69 Å². The number of benzene rings is 2. The molecular formula is C15H19ClN2O2S. The second-order valence-electron chi connectivity index (χ2n) is 4.71. The molecule has 0 unspecified atom stereocenters. The zero-order chi connectivity index (χ0) is 15.1. The summed E-state index contributed by atoms with van der Waals surface area (Å²) in [5.41, 5.74) is 1.01. The maximum Gasteiger partial charge on any atom is 0.211 e. The van der Waals surface area contributed by atoms with E-state index >= 15 is 0 Å². The van der Waals surface area contributed by atoms with Crippen LogP contribution >= 0.6 is 11.6 Å². The standard InChI is InChI=1S/C15H19ClN2O2S/c16-9-4-12-21(19,20)18-11-10-17-15-8-3-6-13-5-1-2-7-14(13)15/h1-3,5-8,17-18H,4,9-12H2. The van der Waals surface area contributed by atoms with Crippen LogP contribution < -0.4 is 10.0 Å². The number of anilines is 1. The molecule has 0 radical (unpaired) electrons. The van der Waals surface area contributed by atoms with E-state index in [1.54, 1.807) is 0 Å². The summed E-state index contributed by atoms with van der Waals surface area (Å²) < 4.78 is 25.8. The Balaban J connectivity index is 1.88. The van der Waals surface area contributed by atoms with E-state index in [0.29, 0.717) is 25.4 Å². The van der Waals surface area contributed by atoms with Crippen molar-refractivity contribution in [3.8, 4) is 0 Å². The number of alkyl halides is 1. The van der Waals surface area contributed by atoms with Gasteiger partial charge < -0.3 is 5.32 Å². The molecule has 2 aromatic carbocycles. The maximum atomic E-state index is 11.6. The van der Waals surface area contributed by atoms with Crippen molar-refractivity contribution in [2.24, 2.45) is 0 Å². The van der Waals surface area contributed by atoms with Crippen LogP contribution in [0.2, 0.25) is 0 Å². The topological polar surface area (TPSA) is 58.2 Å². The molecule has 0 fully saturated rings. The second kappa shape index (κ2) is 7.64. The Bertz CT molecular complexity index is 684. The Morgan fingerprint density at radius 2 is 1.76 bits per heavy atom. The van der Waals surface area contributed by atoms with Gasteiger partial charge in [-0.3, -0.25) is 0 Å². The molecule has 4 nitrogen and oxygen atoms in total. The zero-order valence-corrected chi connectivity index (χ0v) is 13.3. The molecule has 0 atom stereocenters. The van der Waals surface area contributed by atoms with Crippen LogP contribution in [0.15, 0.2) is 42.5 Å². The van der Waals surface area contributed by atoms with Gasteiger partial charge in [-0.25, -0.2) is 13.1 Å². The molecule has 0 saturated heterocycles. The van der Waals surface area contributed by atoms with Gasteiger partial charge in [0.25, 0.3) is 0 Å². The first kappa shape index (κ1) is 16.1. The molecule has 2 aromatic rings. The largest absolute Gasteiger partial charge is 0.383 e. The first-order valence-electron chi connectivity index (χ1n) is 6.87. The lowest BCUT2D eigenvalue weighted by Gasteiger charge is -2.10.